The number of benzene rings is 1. The molecule has 6 N–H and O–H groups in total. The van der Waals surface area contributed by atoms with Crippen LogP contribution in [0.1, 0.15) is 32.1 Å². The van der Waals surface area contributed by atoms with Crippen LogP contribution in [-0.4, -0.2) is 48.0 Å². The lowest BCUT2D eigenvalue weighted by atomic mass is 10.1. The van der Waals surface area contributed by atoms with Crippen molar-refractivity contribution in [3.8, 4) is 0 Å². The molecule has 1 aromatic carbocycles. The Labute approximate surface area is 191 Å². The molecule has 1 aliphatic heterocycles. The second-order valence-corrected chi connectivity index (χ2v) is 7.34. The number of rotatable bonds is 10. The smallest absolute Gasteiger partial charge is 0.251 e. The number of halogens is 2. The number of hydrogen-bond acceptors (Lipinski definition) is 6. The number of nitro groups is 1. The van der Waals surface area contributed by atoms with Gasteiger partial charge < -0.3 is 21.7 Å². The molecule has 0 aliphatic carbocycles. The Kier molecular flexibility index (Phi) is 11.6. The molecular formula is C18H27Cl2N7O4. The normalized spacial score (nSPS) is 18.0. The molecule has 1 fully saturated rings. The molecule has 1 aromatic rings. The Hall–Kier alpha value is -2.63. The summed E-state index contributed by atoms with van der Waals surface area (Å²) in [7, 11) is 0. The van der Waals surface area contributed by atoms with Crippen molar-refractivity contribution >= 4 is 47.5 Å². The Morgan fingerprint density at radius 2 is 2.10 bits per heavy atom. The zero-order valence-corrected chi connectivity index (χ0v) is 18.4. The third-order valence-electron chi connectivity index (χ3n) is 4.45. The maximum Gasteiger partial charge on any atom is 0.251 e. The van der Waals surface area contributed by atoms with Crippen molar-refractivity contribution in [2.45, 2.75) is 44.2 Å². The number of amides is 2. The summed E-state index contributed by atoms with van der Waals surface area (Å²) >= 11 is 5.92. The molecule has 1 heterocycles. The minimum Gasteiger partial charge on any atom is -0.365 e. The zero-order valence-electron chi connectivity index (χ0n) is 16.8. The van der Waals surface area contributed by atoms with Crippen molar-refractivity contribution in [1.29, 1.82) is 0 Å². The highest BCUT2D eigenvalue weighted by Crippen LogP contribution is 2.16. The first-order valence-electron chi connectivity index (χ1n) is 9.63. The van der Waals surface area contributed by atoms with E-state index in [2.05, 4.69) is 20.9 Å². The molecule has 0 aromatic heterocycles. The first-order valence-corrected chi connectivity index (χ1v) is 10.0. The molecule has 0 bridgehead atoms. The average molecular weight is 476 g/mol. The molecule has 0 radical (unpaired) electrons. The molecule has 31 heavy (non-hydrogen) atoms. The van der Waals surface area contributed by atoms with Crippen LogP contribution in [0.15, 0.2) is 29.3 Å². The maximum atomic E-state index is 12.3. The van der Waals surface area contributed by atoms with E-state index in [1.807, 2.05) is 0 Å². The fourth-order valence-electron chi connectivity index (χ4n) is 3.04. The second kappa shape index (κ2) is 13.6. The number of nitrogens with two attached hydrogens (primary N) is 1. The van der Waals surface area contributed by atoms with Gasteiger partial charge in [-0.05, 0) is 37.5 Å². The van der Waals surface area contributed by atoms with Crippen LogP contribution in [0.5, 0.6) is 0 Å². The monoisotopic (exact) mass is 475 g/mol. The number of carbonyl (C=O) groups excluding carboxylic acids is 2. The lowest BCUT2D eigenvalue weighted by Crippen LogP contribution is -2.36. The topological polar surface area (TPSA) is 164 Å². The lowest BCUT2D eigenvalue weighted by Gasteiger charge is -2.13. The van der Waals surface area contributed by atoms with Crippen LogP contribution in [-0.2, 0) is 9.59 Å². The van der Waals surface area contributed by atoms with Gasteiger partial charge in [0.2, 0.25) is 11.8 Å². The molecule has 0 saturated carbocycles. The van der Waals surface area contributed by atoms with Crippen LogP contribution >= 0.6 is 24.0 Å². The quantitative estimate of drug-likeness (QED) is 0.111. The minimum absolute atomic E-state index is 0. The van der Waals surface area contributed by atoms with Gasteiger partial charge >= 0.3 is 0 Å². The predicted molar refractivity (Wildman–Crippen MR) is 121 cm³/mol. The minimum atomic E-state index is -0.771. The van der Waals surface area contributed by atoms with Crippen LogP contribution in [0, 0.1) is 10.1 Å². The predicted octanol–water partition coefficient (Wildman–Crippen LogP) is 1.20. The number of guanidine groups is 1. The van der Waals surface area contributed by atoms with E-state index < -0.39 is 5.03 Å². The van der Waals surface area contributed by atoms with Gasteiger partial charge in [0.25, 0.3) is 5.96 Å². The van der Waals surface area contributed by atoms with Gasteiger partial charge in [-0.1, -0.05) is 29.5 Å². The van der Waals surface area contributed by atoms with Crippen molar-refractivity contribution in [2.24, 2.45) is 10.7 Å². The summed E-state index contributed by atoms with van der Waals surface area (Å²) in [5.74, 6) is -0.475. The van der Waals surface area contributed by atoms with Gasteiger partial charge in [0, 0.05) is 36.3 Å². The number of hydrogen-bond donors (Lipinski definition) is 5. The van der Waals surface area contributed by atoms with Gasteiger partial charge in [-0.25, -0.2) is 15.1 Å². The SMILES string of the molecule is Cl.NC(=NCCCCCC(=O)N[C@@H]1CN[C@H](C(=O)Nc2cccc(Cl)c2)C1)N[N+](=O)[O-]. The molecule has 2 rings (SSSR count). The maximum absolute atomic E-state index is 12.3. The first kappa shape index (κ1) is 26.4. The van der Waals surface area contributed by atoms with Gasteiger partial charge in [0.05, 0.1) is 6.04 Å². The van der Waals surface area contributed by atoms with Crippen LogP contribution in [0.3, 0.4) is 0 Å². The van der Waals surface area contributed by atoms with Crippen molar-refractivity contribution in [3.05, 3.63) is 39.4 Å². The van der Waals surface area contributed by atoms with Gasteiger partial charge in [-0.2, -0.15) is 0 Å². The van der Waals surface area contributed by atoms with E-state index in [9.17, 15) is 19.7 Å². The van der Waals surface area contributed by atoms with E-state index in [4.69, 9.17) is 17.3 Å². The Bertz CT molecular complexity index is 794. The molecule has 1 saturated heterocycles. The lowest BCUT2D eigenvalue weighted by molar-refractivity contribution is -0.525. The highest BCUT2D eigenvalue weighted by molar-refractivity contribution is 6.30. The van der Waals surface area contributed by atoms with Crippen molar-refractivity contribution in [2.75, 3.05) is 18.4 Å². The van der Waals surface area contributed by atoms with Crippen LogP contribution < -0.4 is 27.1 Å². The summed E-state index contributed by atoms with van der Waals surface area (Å²) in [6.07, 6.45) is 2.96. The van der Waals surface area contributed by atoms with E-state index in [0.717, 1.165) is 6.42 Å². The number of aliphatic imine (C=N–C) groups is 1. The summed E-state index contributed by atoms with van der Waals surface area (Å²) in [5.41, 5.74) is 7.70. The van der Waals surface area contributed by atoms with E-state index in [-0.39, 0.29) is 42.3 Å². The molecule has 1 aliphatic rings. The largest absolute Gasteiger partial charge is 0.365 e. The average Bonchev–Trinajstić information content (AvgIpc) is 3.12. The molecule has 2 atom stereocenters. The van der Waals surface area contributed by atoms with E-state index >= 15 is 0 Å². The molecular weight excluding hydrogens is 449 g/mol. The molecule has 2 amide bonds. The van der Waals surface area contributed by atoms with Crippen LogP contribution in [0.25, 0.3) is 0 Å². The molecule has 0 spiro atoms. The number of nitrogens with zero attached hydrogens (tertiary/aromatic N) is 2. The summed E-state index contributed by atoms with van der Waals surface area (Å²) in [6.45, 7) is 0.876. The van der Waals surface area contributed by atoms with E-state index in [1.54, 1.807) is 29.7 Å². The Morgan fingerprint density at radius 3 is 2.81 bits per heavy atom. The van der Waals surface area contributed by atoms with Crippen molar-refractivity contribution in [3.63, 3.8) is 0 Å². The molecule has 13 heteroatoms. The van der Waals surface area contributed by atoms with E-state index in [0.29, 0.717) is 49.5 Å². The summed E-state index contributed by atoms with van der Waals surface area (Å²) in [5, 5.41) is 18.8. The molecule has 0 unspecified atom stereocenters. The van der Waals surface area contributed by atoms with Crippen molar-refractivity contribution < 1.29 is 14.6 Å². The van der Waals surface area contributed by atoms with Crippen molar-refractivity contribution in [1.82, 2.24) is 16.1 Å². The number of nitrogens with one attached hydrogen (secondary N) is 4. The first-order chi connectivity index (χ1) is 14.3. The highest BCUT2D eigenvalue weighted by atomic mass is 35.5. The third-order valence-corrected chi connectivity index (χ3v) is 4.69. The zero-order chi connectivity index (χ0) is 21.9. The Balaban J connectivity index is 0.00000480. The van der Waals surface area contributed by atoms with Gasteiger partial charge in [0.15, 0.2) is 5.03 Å². The third kappa shape index (κ3) is 10.3. The number of carbonyl (C=O) groups is 2. The van der Waals surface area contributed by atoms with Gasteiger partial charge in [0.1, 0.15) is 0 Å². The second-order valence-electron chi connectivity index (χ2n) is 6.91. The Morgan fingerprint density at radius 1 is 1.32 bits per heavy atom. The summed E-state index contributed by atoms with van der Waals surface area (Å²) in [6, 6.07) is 6.43. The van der Waals surface area contributed by atoms with Crippen LogP contribution in [0.2, 0.25) is 5.02 Å². The fourth-order valence-corrected chi connectivity index (χ4v) is 3.23. The fraction of sp³-hybridized carbons (Fsp3) is 0.500. The van der Waals surface area contributed by atoms with Gasteiger partial charge in [-0.3, -0.25) is 9.59 Å². The summed E-state index contributed by atoms with van der Waals surface area (Å²) in [4.78, 5) is 38.4. The van der Waals surface area contributed by atoms with Crippen LogP contribution in [0.4, 0.5) is 5.69 Å². The number of hydrazine groups is 1. The molecule has 172 valence electrons. The highest BCUT2D eigenvalue weighted by Gasteiger charge is 2.30. The molecule has 11 nitrogen and oxygen atoms in total. The number of anilines is 1. The van der Waals surface area contributed by atoms with E-state index in [1.165, 1.54) is 0 Å². The number of unbranched alkanes of at least 4 members (excludes halogenated alkanes) is 2. The van der Waals surface area contributed by atoms with Gasteiger partial charge in [-0.15, -0.1) is 12.4 Å². The standard InChI is InChI=1S/C18H26ClN7O4.ClH/c19-12-5-4-6-13(9-12)24-17(28)15-10-14(11-22-15)23-16(27)7-2-1-3-8-21-18(20)25-26(29)30;/h4-6,9,14-15,22H,1-3,7-8,10-11H2,(H,23,27)(H,24,28)(H3,20,21,25);1H/t14-,15-;/m0./s1. The summed E-state index contributed by atoms with van der Waals surface area (Å²) < 4.78 is 0.